The van der Waals surface area contributed by atoms with E-state index in [-0.39, 0.29) is 5.91 Å². The normalized spacial score (nSPS) is 22.6. The summed E-state index contributed by atoms with van der Waals surface area (Å²) in [5.41, 5.74) is 1.32. The van der Waals surface area contributed by atoms with E-state index < -0.39 is 0 Å². The quantitative estimate of drug-likeness (QED) is 0.930. The zero-order chi connectivity index (χ0) is 13.2. The Kier molecular flexibility index (Phi) is 4.10. The molecule has 3 nitrogen and oxygen atoms in total. The van der Waals surface area contributed by atoms with Gasteiger partial charge >= 0.3 is 0 Å². The lowest BCUT2D eigenvalue weighted by molar-refractivity contribution is -0.129. The fourth-order valence-electron chi connectivity index (χ4n) is 3.02. The number of aryl methyl sites for hydroxylation is 1. The van der Waals surface area contributed by atoms with Gasteiger partial charge in [-0.25, -0.2) is 0 Å². The predicted molar refractivity (Wildman–Crippen MR) is 78.8 cm³/mol. The Morgan fingerprint density at radius 3 is 3.00 bits per heavy atom. The van der Waals surface area contributed by atoms with Crippen LogP contribution in [-0.2, 0) is 11.2 Å². The van der Waals surface area contributed by atoms with Gasteiger partial charge < -0.3 is 10.2 Å². The van der Waals surface area contributed by atoms with Crippen molar-refractivity contribution < 1.29 is 4.79 Å². The Morgan fingerprint density at radius 1 is 1.42 bits per heavy atom. The monoisotopic (exact) mass is 298 g/mol. The lowest BCUT2D eigenvalue weighted by Gasteiger charge is -2.24. The molecule has 19 heavy (non-hydrogen) atoms. The highest BCUT2D eigenvalue weighted by Gasteiger charge is 2.24. The number of fused-ring (bicyclic) bond motifs is 1. The second kappa shape index (κ2) is 5.81. The van der Waals surface area contributed by atoms with E-state index in [0.29, 0.717) is 12.6 Å². The molecule has 0 radical (unpaired) electrons. The van der Waals surface area contributed by atoms with Crippen molar-refractivity contribution in [3.63, 3.8) is 0 Å². The third-order valence-corrected chi connectivity index (χ3v) is 5.38. The second-order valence-corrected chi connectivity index (χ2v) is 7.11. The van der Waals surface area contributed by atoms with Gasteiger partial charge in [0.1, 0.15) is 0 Å². The highest BCUT2D eigenvalue weighted by molar-refractivity contribution is 7.16. The van der Waals surface area contributed by atoms with Crippen molar-refractivity contribution in [1.82, 2.24) is 10.2 Å². The maximum atomic E-state index is 12.0. The first-order valence-corrected chi connectivity index (χ1v) is 8.23. The van der Waals surface area contributed by atoms with Crippen molar-refractivity contribution in [1.29, 1.82) is 0 Å². The minimum atomic E-state index is 0.242. The molecule has 5 heteroatoms. The molecule has 0 aromatic carbocycles. The highest BCUT2D eigenvalue weighted by atomic mass is 35.5. The molecule has 1 amide bonds. The van der Waals surface area contributed by atoms with E-state index in [4.69, 9.17) is 11.6 Å². The van der Waals surface area contributed by atoms with Gasteiger partial charge in [-0.2, -0.15) is 0 Å². The van der Waals surface area contributed by atoms with Crippen molar-refractivity contribution in [2.24, 2.45) is 0 Å². The van der Waals surface area contributed by atoms with Crippen LogP contribution in [0.5, 0.6) is 0 Å². The van der Waals surface area contributed by atoms with Crippen LogP contribution in [0.25, 0.3) is 0 Å². The topological polar surface area (TPSA) is 32.3 Å². The Labute approximate surface area is 122 Å². The molecule has 0 spiro atoms. The number of thiophene rings is 1. The number of carbonyl (C=O) groups is 1. The van der Waals surface area contributed by atoms with Gasteiger partial charge in [0, 0.05) is 24.0 Å². The molecule has 1 aliphatic heterocycles. The summed E-state index contributed by atoms with van der Waals surface area (Å²) in [6.45, 7) is 2.32. The number of carbonyl (C=O) groups excluding carboxylic acids is 1. The Bertz CT molecular complexity index is 468. The molecule has 3 rings (SSSR count). The van der Waals surface area contributed by atoms with Crippen molar-refractivity contribution in [3.05, 3.63) is 20.8 Å². The molecule has 1 atom stereocenters. The van der Waals surface area contributed by atoms with Crippen LogP contribution in [0.1, 0.15) is 42.2 Å². The molecule has 1 N–H and O–H groups in total. The average Bonchev–Trinajstić information content (AvgIpc) is 3.03. The number of likely N-dealkylation sites (tertiary alicyclic amines) is 1. The van der Waals surface area contributed by atoms with Gasteiger partial charge in [-0.15, -0.1) is 11.3 Å². The second-order valence-electron chi connectivity index (χ2n) is 5.34. The van der Waals surface area contributed by atoms with Crippen LogP contribution in [0.4, 0.5) is 0 Å². The van der Waals surface area contributed by atoms with Crippen LogP contribution in [0.3, 0.4) is 0 Å². The molecule has 2 aliphatic rings. The first kappa shape index (κ1) is 13.4. The first-order valence-electron chi connectivity index (χ1n) is 7.03. The van der Waals surface area contributed by atoms with E-state index in [9.17, 15) is 4.79 Å². The number of hydrogen-bond acceptors (Lipinski definition) is 3. The van der Waals surface area contributed by atoms with E-state index in [1.54, 1.807) is 11.3 Å². The molecule has 1 aromatic heterocycles. The van der Waals surface area contributed by atoms with E-state index in [1.165, 1.54) is 16.9 Å². The molecule has 1 aliphatic carbocycles. The van der Waals surface area contributed by atoms with Crippen LogP contribution < -0.4 is 5.32 Å². The number of hydrogen-bond donors (Lipinski definition) is 1. The summed E-state index contributed by atoms with van der Waals surface area (Å²) in [5, 5.41) is 3.42. The third-order valence-electron chi connectivity index (χ3n) is 4.04. The molecule has 0 bridgehead atoms. The first-order chi connectivity index (χ1) is 9.24. The van der Waals surface area contributed by atoms with Gasteiger partial charge in [-0.05, 0) is 43.7 Å². The van der Waals surface area contributed by atoms with Gasteiger partial charge in [-0.1, -0.05) is 11.6 Å². The average molecular weight is 299 g/mol. The van der Waals surface area contributed by atoms with E-state index in [1.807, 2.05) is 4.90 Å². The Morgan fingerprint density at radius 2 is 2.21 bits per heavy atom. The molecule has 1 fully saturated rings. The maximum Gasteiger partial charge on any atom is 0.236 e. The number of amides is 1. The van der Waals surface area contributed by atoms with Crippen molar-refractivity contribution in [2.75, 3.05) is 19.6 Å². The predicted octanol–water partition coefficient (Wildman–Crippen LogP) is 2.99. The number of halogens is 1. The summed E-state index contributed by atoms with van der Waals surface area (Å²) in [6.07, 6.45) is 5.72. The van der Waals surface area contributed by atoms with Crippen LogP contribution in [0, 0.1) is 0 Å². The summed E-state index contributed by atoms with van der Waals surface area (Å²) >= 11 is 7.78. The van der Waals surface area contributed by atoms with Crippen LogP contribution in [-0.4, -0.2) is 30.4 Å². The molecular formula is C14H19ClN2OS. The molecule has 1 saturated heterocycles. The smallest absolute Gasteiger partial charge is 0.236 e. The fraction of sp³-hybridized carbons (Fsp3) is 0.643. The number of nitrogens with one attached hydrogen (secondary N) is 1. The minimum absolute atomic E-state index is 0.242. The lowest BCUT2D eigenvalue weighted by Crippen LogP contribution is -2.38. The van der Waals surface area contributed by atoms with Crippen LogP contribution >= 0.6 is 22.9 Å². The summed E-state index contributed by atoms with van der Waals surface area (Å²) in [7, 11) is 0. The van der Waals surface area contributed by atoms with Crippen LogP contribution in [0.2, 0.25) is 4.34 Å². The fourth-order valence-corrected chi connectivity index (χ4v) is 4.41. The van der Waals surface area contributed by atoms with E-state index >= 15 is 0 Å². The third kappa shape index (κ3) is 2.96. The Hall–Kier alpha value is -0.580. The molecule has 2 heterocycles. The zero-order valence-corrected chi connectivity index (χ0v) is 12.5. The SMILES string of the molecule is O=C(CNC1CCCc2sc(Cl)cc21)N1CCCC1. The van der Waals surface area contributed by atoms with Gasteiger partial charge in [-0.3, -0.25) is 4.79 Å². The maximum absolute atomic E-state index is 12.0. The molecule has 0 saturated carbocycles. The number of nitrogens with zero attached hydrogens (tertiary/aromatic N) is 1. The summed E-state index contributed by atoms with van der Waals surface area (Å²) in [6, 6.07) is 2.37. The van der Waals surface area contributed by atoms with Gasteiger partial charge in [0.05, 0.1) is 10.9 Å². The lowest BCUT2D eigenvalue weighted by atomic mass is 9.94. The molecule has 104 valence electrons. The molecule has 1 aromatic rings. The molecule has 1 unspecified atom stereocenters. The zero-order valence-electron chi connectivity index (χ0n) is 11.0. The highest BCUT2D eigenvalue weighted by Crippen LogP contribution is 2.37. The van der Waals surface area contributed by atoms with Gasteiger partial charge in [0.25, 0.3) is 0 Å². The van der Waals surface area contributed by atoms with E-state index in [2.05, 4.69) is 11.4 Å². The summed E-state index contributed by atoms with van der Waals surface area (Å²) < 4.78 is 0.865. The Balaban J connectivity index is 1.60. The van der Waals surface area contributed by atoms with Crippen molar-refractivity contribution >= 4 is 28.8 Å². The minimum Gasteiger partial charge on any atom is -0.342 e. The van der Waals surface area contributed by atoms with Gasteiger partial charge in [0.2, 0.25) is 5.91 Å². The van der Waals surface area contributed by atoms with Crippen LogP contribution in [0.15, 0.2) is 6.07 Å². The largest absolute Gasteiger partial charge is 0.342 e. The summed E-state index contributed by atoms with van der Waals surface area (Å²) in [5.74, 6) is 0.242. The van der Waals surface area contributed by atoms with Crippen molar-refractivity contribution in [3.8, 4) is 0 Å². The molecular weight excluding hydrogens is 280 g/mol. The van der Waals surface area contributed by atoms with Gasteiger partial charge in [0.15, 0.2) is 0 Å². The van der Waals surface area contributed by atoms with E-state index in [0.717, 1.165) is 43.1 Å². The standard InChI is InChI=1S/C14H19ClN2OS/c15-13-8-10-11(4-3-5-12(10)19-13)16-9-14(18)17-6-1-2-7-17/h8,11,16H,1-7,9H2. The van der Waals surface area contributed by atoms with Crippen molar-refractivity contribution in [2.45, 2.75) is 38.1 Å². The number of rotatable bonds is 3. The summed E-state index contributed by atoms with van der Waals surface area (Å²) in [4.78, 5) is 15.4.